The summed E-state index contributed by atoms with van der Waals surface area (Å²) in [6, 6.07) is 0. The number of rotatable bonds is 1. The van der Waals surface area contributed by atoms with E-state index in [1.165, 1.54) is 0 Å². The van der Waals surface area contributed by atoms with Gasteiger partial charge in [-0.05, 0) is 18.9 Å². The van der Waals surface area contributed by atoms with Crippen molar-refractivity contribution in [1.29, 1.82) is 0 Å². The van der Waals surface area contributed by atoms with Gasteiger partial charge in [-0.2, -0.15) is 0 Å². The van der Waals surface area contributed by atoms with Gasteiger partial charge < -0.3 is 15.1 Å². The smallest absolute Gasteiger partial charge is 0.230 e. The molecule has 0 amide bonds. The number of nitrogens with zero attached hydrogens (tertiary/aromatic N) is 1. The van der Waals surface area contributed by atoms with Gasteiger partial charge in [0.15, 0.2) is 5.76 Å². The second-order valence-electron chi connectivity index (χ2n) is 3.28. The van der Waals surface area contributed by atoms with Crippen molar-refractivity contribution in [2.75, 3.05) is 6.54 Å². The van der Waals surface area contributed by atoms with Crippen molar-refractivity contribution in [1.82, 2.24) is 4.90 Å². The second-order valence-corrected chi connectivity index (χ2v) is 3.28. The fourth-order valence-electron chi connectivity index (χ4n) is 1.64. The SMILES string of the molecule is OC1=C(O)N(C2=CCCC=C2)CC1. The summed E-state index contributed by atoms with van der Waals surface area (Å²) < 4.78 is 0. The van der Waals surface area contributed by atoms with Crippen molar-refractivity contribution in [2.24, 2.45) is 0 Å². The molecule has 0 aromatic carbocycles. The molecule has 2 aliphatic rings. The van der Waals surface area contributed by atoms with Crippen LogP contribution in [0.5, 0.6) is 0 Å². The highest BCUT2D eigenvalue weighted by molar-refractivity contribution is 5.27. The predicted molar refractivity (Wildman–Crippen MR) is 50.1 cm³/mol. The van der Waals surface area contributed by atoms with Crippen molar-refractivity contribution in [3.63, 3.8) is 0 Å². The summed E-state index contributed by atoms with van der Waals surface area (Å²) in [5, 5.41) is 18.7. The highest BCUT2D eigenvalue weighted by Gasteiger charge is 2.23. The summed E-state index contributed by atoms with van der Waals surface area (Å²) >= 11 is 0. The lowest BCUT2D eigenvalue weighted by atomic mass is 10.1. The molecule has 0 spiro atoms. The van der Waals surface area contributed by atoms with Gasteiger partial charge in [-0.15, -0.1) is 0 Å². The fourth-order valence-corrected chi connectivity index (χ4v) is 1.64. The molecule has 1 aliphatic carbocycles. The van der Waals surface area contributed by atoms with Crippen LogP contribution in [0.1, 0.15) is 19.3 Å². The highest BCUT2D eigenvalue weighted by atomic mass is 16.3. The molecule has 0 bridgehead atoms. The first-order valence-electron chi connectivity index (χ1n) is 4.54. The Balaban J connectivity index is 2.19. The van der Waals surface area contributed by atoms with E-state index in [2.05, 4.69) is 12.2 Å². The van der Waals surface area contributed by atoms with E-state index < -0.39 is 0 Å². The van der Waals surface area contributed by atoms with Crippen LogP contribution in [0.4, 0.5) is 0 Å². The minimum absolute atomic E-state index is 0.0119. The first kappa shape index (κ1) is 8.23. The van der Waals surface area contributed by atoms with Crippen LogP contribution in [0.25, 0.3) is 0 Å². The van der Waals surface area contributed by atoms with Crippen molar-refractivity contribution in [3.8, 4) is 0 Å². The molecular formula is C10H13NO2. The van der Waals surface area contributed by atoms with Gasteiger partial charge in [0, 0.05) is 18.7 Å². The van der Waals surface area contributed by atoms with E-state index in [1.807, 2.05) is 6.08 Å². The largest absolute Gasteiger partial charge is 0.507 e. The van der Waals surface area contributed by atoms with E-state index in [9.17, 15) is 10.2 Å². The zero-order valence-corrected chi connectivity index (χ0v) is 7.40. The van der Waals surface area contributed by atoms with Gasteiger partial charge in [0.2, 0.25) is 5.88 Å². The molecule has 0 saturated heterocycles. The molecule has 0 aromatic rings. The molecular weight excluding hydrogens is 166 g/mol. The normalized spacial score (nSPS) is 22.5. The van der Waals surface area contributed by atoms with Crippen molar-refractivity contribution in [3.05, 3.63) is 35.6 Å². The molecule has 13 heavy (non-hydrogen) atoms. The maximum atomic E-state index is 9.49. The lowest BCUT2D eigenvalue weighted by Crippen LogP contribution is -2.18. The zero-order chi connectivity index (χ0) is 9.26. The quantitative estimate of drug-likeness (QED) is 0.648. The van der Waals surface area contributed by atoms with Gasteiger partial charge in [-0.1, -0.05) is 12.2 Å². The Morgan fingerprint density at radius 2 is 2.08 bits per heavy atom. The van der Waals surface area contributed by atoms with Crippen LogP contribution >= 0.6 is 0 Å². The average Bonchev–Trinajstić information content (AvgIpc) is 2.49. The van der Waals surface area contributed by atoms with E-state index in [0.29, 0.717) is 13.0 Å². The minimum atomic E-state index is 0.0119. The topological polar surface area (TPSA) is 43.7 Å². The molecule has 0 radical (unpaired) electrons. The molecule has 0 unspecified atom stereocenters. The summed E-state index contributed by atoms with van der Waals surface area (Å²) in [4.78, 5) is 1.74. The van der Waals surface area contributed by atoms with Gasteiger partial charge in [-0.3, -0.25) is 0 Å². The first-order chi connectivity index (χ1) is 6.29. The average molecular weight is 179 g/mol. The van der Waals surface area contributed by atoms with Gasteiger partial charge in [0.25, 0.3) is 0 Å². The van der Waals surface area contributed by atoms with Crippen LogP contribution in [0.15, 0.2) is 35.6 Å². The van der Waals surface area contributed by atoms with Crippen molar-refractivity contribution >= 4 is 0 Å². The summed E-state index contributed by atoms with van der Waals surface area (Å²) in [6.07, 6.45) is 8.76. The van der Waals surface area contributed by atoms with Crippen LogP contribution in [-0.2, 0) is 0 Å². The number of hydrogen-bond acceptors (Lipinski definition) is 3. The molecule has 3 heteroatoms. The Morgan fingerprint density at radius 1 is 1.23 bits per heavy atom. The minimum Gasteiger partial charge on any atom is -0.507 e. The molecule has 0 atom stereocenters. The Hall–Kier alpha value is -1.38. The van der Waals surface area contributed by atoms with E-state index in [-0.39, 0.29) is 11.6 Å². The summed E-state index contributed by atoms with van der Waals surface area (Å²) in [5.74, 6) is 0.109. The zero-order valence-electron chi connectivity index (χ0n) is 7.40. The maximum Gasteiger partial charge on any atom is 0.230 e. The Bertz CT molecular complexity index is 302. The fraction of sp³-hybridized carbons (Fsp3) is 0.400. The van der Waals surface area contributed by atoms with Gasteiger partial charge in [0.05, 0.1) is 0 Å². The van der Waals surface area contributed by atoms with Gasteiger partial charge in [0.1, 0.15) is 0 Å². The number of allylic oxidation sites excluding steroid dienone is 3. The molecule has 2 rings (SSSR count). The molecule has 1 heterocycles. The Kier molecular flexibility index (Phi) is 2.00. The predicted octanol–water partition coefficient (Wildman–Crippen LogP) is 2.21. The van der Waals surface area contributed by atoms with Crippen molar-refractivity contribution in [2.45, 2.75) is 19.3 Å². The van der Waals surface area contributed by atoms with Crippen LogP contribution in [0.3, 0.4) is 0 Å². The van der Waals surface area contributed by atoms with Gasteiger partial charge >= 0.3 is 0 Å². The molecule has 0 aromatic heterocycles. The van der Waals surface area contributed by atoms with Crippen molar-refractivity contribution < 1.29 is 10.2 Å². The molecule has 0 saturated carbocycles. The van der Waals surface area contributed by atoms with Crippen LogP contribution in [0, 0.1) is 0 Å². The first-order valence-corrected chi connectivity index (χ1v) is 4.54. The summed E-state index contributed by atoms with van der Waals surface area (Å²) in [7, 11) is 0. The molecule has 3 nitrogen and oxygen atoms in total. The summed E-state index contributed by atoms with van der Waals surface area (Å²) in [6.45, 7) is 0.674. The van der Waals surface area contributed by atoms with Crippen LogP contribution in [0.2, 0.25) is 0 Å². The van der Waals surface area contributed by atoms with E-state index >= 15 is 0 Å². The lowest BCUT2D eigenvalue weighted by Gasteiger charge is -2.20. The van der Waals surface area contributed by atoms with E-state index in [4.69, 9.17) is 0 Å². The summed E-state index contributed by atoms with van der Waals surface area (Å²) in [5.41, 5.74) is 0.993. The maximum absolute atomic E-state index is 9.49. The second kappa shape index (κ2) is 3.17. The number of aliphatic hydroxyl groups is 2. The van der Waals surface area contributed by atoms with Gasteiger partial charge in [-0.25, -0.2) is 0 Å². The third kappa shape index (κ3) is 1.41. The lowest BCUT2D eigenvalue weighted by molar-refractivity contribution is 0.247. The van der Waals surface area contributed by atoms with Crippen LogP contribution < -0.4 is 0 Å². The third-order valence-electron chi connectivity index (χ3n) is 2.37. The molecule has 1 aliphatic heterocycles. The standard InChI is InChI=1S/C10H13NO2/c12-9-6-7-11(10(9)13)8-4-2-1-3-5-8/h2,4-5,12-13H,1,3,6-7H2. The number of hydrogen-bond donors (Lipinski definition) is 2. The molecule has 0 fully saturated rings. The monoisotopic (exact) mass is 179 g/mol. The van der Waals surface area contributed by atoms with E-state index in [0.717, 1.165) is 18.5 Å². The third-order valence-corrected chi connectivity index (χ3v) is 2.37. The Labute approximate surface area is 77.3 Å². The molecule has 70 valence electrons. The van der Waals surface area contributed by atoms with E-state index in [1.54, 1.807) is 4.90 Å². The van der Waals surface area contributed by atoms with Crippen LogP contribution in [-0.4, -0.2) is 21.7 Å². The number of aliphatic hydroxyl groups excluding tert-OH is 2. The highest BCUT2D eigenvalue weighted by Crippen LogP contribution is 2.25. The molecule has 2 N–H and O–H groups in total. The Morgan fingerprint density at radius 3 is 2.62 bits per heavy atom.